The lowest BCUT2D eigenvalue weighted by atomic mass is 10.2. The summed E-state index contributed by atoms with van der Waals surface area (Å²) in [6, 6.07) is 17.3. The number of benzene rings is 2. The molecule has 12 heteroatoms. The van der Waals surface area contributed by atoms with Crippen LogP contribution in [0.4, 0.5) is 24.8 Å². The number of rotatable bonds is 7. The second kappa shape index (κ2) is 10.7. The highest BCUT2D eigenvalue weighted by Gasteiger charge is 2.35. The van der Waals surface area contributed by atoms with Crippen molar-refractivity contribution in [2.24, 2.45) is 0 Å². The molecule has 4 rings (SSSR count). The molecule has 0 atom stereocenters. The van der Waals surface area contributed by atoms with Gasteiger partial charge in [0, 0.05) is 23.0 Å². The number of hydrogen-bond acceptors (Lipinski definition) is 7. The van der Waals surface area contributed by atoms with Crippen molar-refractivity contribution in [3.63, 3.8) is 0 Å². The number of pyridine rings is 1. The zero-order chi connectivity index (χ0) is 26.6. The van der Waals surface area contributed by atoms with E-state index in [-0.39, 0.29) is 24.1 Å². The van der Waals surface area contributed by atoms with Crippen LogP contribution in [0.3, 0.4) is 0 Å². The van der Waals surface area contributed by atoms with Gasteiger partial charge in [-0.25, -0.2) is 14.8 Å². The average Bonchev–Trinajstić information content (AvgIpc) is 2.87. The fourth-order valence-corrected chi connectivity index (χ4v) is 3.38. The molecular formula is C25H18ClF3N4O4. The molecule has 4 aromatic rings. The second-order valence-corrected chi connectivity index (χ2v) is 8.05. The Bertz CT molecular complexity index is 1470. The normalized spacial score (nSPS) is 11.2. The molecule has 0 fully saturated rings. The van der Waals surface area contributed by atoms with Crippen molar-refractivity contribution < 1.29 is 27.4 Å². The zero-order valence-corrected chi connectivity index (χ0v) is 19.9. The Hall–Kier alpha value is -4.38. The molecule has 0 radical (unpaired) electrons. The number of carbonyl (C=O) groups excluding carboxylic acids is 1. The van der Waals surface area contributed by atoms with Gasteiger partial charge in [0.25, 0.3) is 5.56 Å². The van der Waals surface area contributed by atoms with E-state index in [9.17, 15) is 22.8 Å². The van der Waals surface area contributed by atoms with Gasteiger partial charge in [-0.3, -0.25) is 9.36 Å². The number of methoxy groups -OCH3 is 1. The minimum absolute atomic E-state index is 0.0744. The summed E-state index contributed by atoms with van der Waals surface area (Å²) in [5.74, 6) is -0.170. The van der Waals surface area contributed by atoms with Crippen LogP contribution in [0.15, 0.2) is 77.7 Å². The lowest BCUT2D eigenvalue weighted by Crippen LogP contribution is -2.31. The third kappa shape index (κ3) is 6.25. The quantitative estimate of drug-likeness (QED) is 0.307. The van der Waals surface area contributed by atoms with Gasteiger partial charge in [-0.2, -0.15) is 13.2 Å². The molecule has 0 amide bonds. The minimum atomic E-state index is -4.86. The highest BCUT2D eigenvalue weighted by atomic mass is 35.5. The molecule has 0 aliphatic rings. The van der Waals surface area contributed by atoms with E-state index in [1.54, 1.807) is 60.7 Å². The predicted molar refractivity (Wildman–Crippen MR) is 129 cm³/mol. The van der Waals surface area contributed by atoms with Crippen LogP contribution in [0.2, 0.25) is 5.02 Å². The van der Waals surface area contributed by atoms with E-state index in [2.05, 4.69) is 20.0 Å². The van der Waals surface area contributed by atoms with Crippen molar-refractivity contribution in [3.05, 3.63) is 105 Å². The number of alkyl halides is 3. The molecule has 0 bridgehead atoms. The summed E-state index contributed by atoms with van der Waals surface area (Å²) in [6.07, 6.45) is -4.36. The number of anilines is 2. The number of halogens is 4. The maximum absolute atomic E-state index is 13.4. The number of carbonyl (C=O) groups is 1. The first-order valence-corrected chi connectivity index (χ1v) is 11.0. The van der Waals surface area contributed by atoms with Crippen LogP contribution < -0.4 is 15.6 Å². The summed E-state index contributed by atoms with van der Waals surface area (Å²) in [5, 5.41) is 3.32. The van der Waals surface area contributed by atoms with Gasteiger partial charge in [0.1, 0.15) is 11.3 Å². The lowest BCUT2D eigenvalue weighted by Gasteiger charge is -2.16. The molecule has 0 saturated heterocycles. The smallest absolute Gasteiger partial charge is 0.423 e. The van der Waals surface area contributed by atoms with E-state index in [1.807, 2.05) is 0 Å². The van der Waals surface area contributed by atoms with Crippen molar-refractivity contribution >= 4 is 29.2 Å². The van der Waals surface area contributed by atoms with Gasteiger partial charge in [0.05, 0.1) is 13.7 Å². The minimum Gasteiger partial charge on any atom is -0.464 e. The van der Waals surface area contributed by atoms with E-state index in [4.69, 9.17) is 16.3 Å². The largest absolute Gasteiger partial charge is 0.464 e. The number of hydrogen-bond donors (Lipinski definition) is 1. The molecule has 8 nitrogen and oxygen atoms in total. The Kier molecular flexibility index (Phi) is 7.44. The maximum atomic E-state index is 13.4. The van der Waals surface area contributed by atoms with Crippen LogP contribution >= 0.6 is 11.6 Å². The van der Waals surface area contributed by atoms with E-state index >= 15 is 0 Å². The SMILES string of the molecule is COC(=O)c1cccc(Oc2ccc(Nc3ncc(C(F)(F)F)c(=O)n3Cc3ccc(Cl)cc3)cc2)n1. The monoisotopic (exact) mass is 530 g/mol. The van der Waals surface area contributed by atoms with E-state index < -0.39 is 23.3 Å². The highest BCUT2D eigenvalue weighted by molar-refractivity contribution is 6.30. The summed E-state index contributed by atoms with van der Waals surface area (Å²) < 4.78 is 51.3. The molecule has 0 aliphatic carbocycles. The first-order valence-electron chi connectivity index (χ1n) is 10.7. The molecule has 2 heterocycles. The fraction of sp³-hybridized carbons (Fsp3) is 0.120. The predicted octanol–water partition coefficient (Wildman–Crippen LogP) is 5.68. The summed E-state index contributed by atoms with van der Waals surface area (Å²) >= 11 is 5.88. The molecular weight excluding hydrogens is 513 g/mol. The van der Waals surface area contributed by atoms with Gasteiger partial charge < -0.3 is 14.8 Å². The Labute approximate surface area is 213 Å². The Morgan fingerprint density at radius 2 is 1.76 bits per heavy atom. The Morgan fingerprint density at radius 1 is 1.05 bits per heavy atom. The molecule has 0 saturated carbocycles. The number of aromatic nitrogens is 3. The molecule has 2 aromatic heterocycles. The molecule has 37 heavy (non-hydrogen) atoms. The van der Waals surface area contributed by atoms with Crippen molar-refractivity contribution in [2.75, 3.05) is 12.4 Å². The molecule has 1 N–H and O–H groups in total. The third-order valence-electron chi connectivity index (χ3n) is 5.06. The van der Waals surface area contributed by atoms with Gasteiger partial charge in [-0.05, 0) is 48.0 Å². The van der Waals surface area contributed by atoms with Crippen molar-refractivity contribution in [1.29, 1.82) is 0 Å². The topological polar surface area (TPSA) is 95.3 Å². The summed E-state index contributed by atoms with van der Waals surface area (Å²) in [7, 11) is 1.24. The van der Waals surface area contributed by atoms with Gasteiger partial charge in [0.15, 0.2) is 5.69 Å². The van der Waals surface area contributed by atoms with Gasteiger partial charge in [-0.15, -0.1) is 0 Å². The van der Waals surface area contributed by atoms with Crippen LogP contribution in [0.25, 0.3) is 0 Å². The number of esters is 1. The Balaban J connectivity index is 1.59. The number of nitrogens with one attached hydrogen (secondary N) is 1. The molecule has 0 unspecified atom stereocenters. The zero-order valence-electron chi connectivity index (χ0n) is 19.1. The van der Waals surface area contributed by atoms with Crippen LogP contribution in [0, 0.1) is 0 Å². The molecule has 0 aliphatic heterocycles. The third-order valence-corrected chi connectivity index (χ3v) is 5.31. The molecule has 190 valence electrons. The summed E-state index contributed by atoms with van der Waals surface area (Å²) in [4.78, 5) is 32.3. The second-order valence-electron chi connectivity index (χ2n) is 7.62. The maximum Gasteiger partial charge on any atom is 0.423 e. The van der Waals surface area contributed by atoms with Gasteiger partial charge in [-0.1, -0.05) is 29.8 Å². The van der Waals surface area contributed by atoms with Crippen LogP contribution in [-0.4, -0.2) is 27.6 Å². The van der Waals surface area contributed by atoms with Crippen molar-refractivity contribution in [1.82, 2.24) is 14.5 Å². The molecule has 0 spiro atoms. The van der Waals surface area contributed by atoms with Gasteiger partial charge >= 0.3 is 12.1 Å². The van der Waals surface area contributed by atoms with Crippen molar-refractivity contribution in [2.45, 2.75) is 12.7 Å². The fourth-order valence-electron chi connectivity index (χ4n) is 3.25. The first kappa shape index (κ1) is 25.7. The van der Waals surface area contributed by atoms with E-state index in [0.717, 1.165) is 4.57 Å². The van der Waals surface area contributed by atoms with Gasteiger partial charge in [0.2, 0.25) is 11.8 Å². The van der Waals surface area contributed by atoms with Crippen LogP contribution in [0.1, 0.15) is 21.6 Å². The van der Waals surface area contributed by atoms with E-state index in [1.165, 1.54) is 13.2 Å². The average molecular weight is 531 g/mol. The standard InChI is InChI=1S/C25H18ClF3N4O4/c1-36-23(35)20-3-2-4-21(32-20)37-18-11-9-17(10-12-18)31-24-30-13-19(25(27,28)29)22(34)33(24)14-15-5-7-16(26)8-6-15/h2-13H,14H2,1H3,(H,30,31). The summed E-state index contributed by atoms with van der Waals surface area (Å²) in [5.41, 5.74) is -1.56. The lowest BCUT2D eigenvalue weighted by molar-refractivity contribution is -0.139. The summed E-state index contributed by atoms with van der Waals surface area (Å²) in [6.45, 7) is -0.168. The molecule has 2 aromatic carbocycles. The van der Waals surface area contributed by atoms with E-state index in [0.29, 0.717) is 28.2 Å². The Morgan fingerprint density at radius 3 is 2.41 bits per heavy atom. The number of ether oxygens (including phenoxy) is 2. The van der Waals surface area contributed by atoms with Crippen LogP contribution in [-0.2, 0) is 17.5 Å². The van der Waals surface area contributed by atoms with Crippen molar-refractivity contribution in [3.8, 4) is 11.6 Å². The highest BCUT2D eigenvalue weighted by Crippen LogP contribution is 2.28. The number of nitrogens with zero attached hydrogens (tertiary/aromatic N) is 3. The van der Waals surface area contributed by atoms with Crippen LogP contribution in [0.5, 0.6) is 11.6 Å². The first-order chi connectivity index (χ1) is 17.6.